The van der Waals surface area contributed by atoms with Gasteiger partial charge in [-0.3, -0.25) is 0 Å². The van der Waals surface area contributed by atoms with Crippen molar-refractivity contribution in [2.24, 2.45) is 0 Å². The summed E-state index contributed by atoms with van der Waals surface area (Å²) in [7, 11) is 4.22. The Hall–Kier alpha value is -6.32. The molecular formula is C42H38N2O6. The number of quaternary nitrogens is 2. The summed E-state index contributed by atoms with van der Waals surface area (Å²) < 4.78 is 12.1. The Balaban J connectivity index is 0.000000186. The van der Waals surface area contributed by atoms with Gasteiger partial charge in [0.15, 0.2) is 0 Å². The zero-order chi connectivity index (χ0) is 35.9. The van der Waals surface area contributed by atoms with Crippen LogP contribution in [0, 0.1) is 24.7 Å². The average molecular weight is 667 g/mol. The minimum Gasteiger partial charge on any atom is -0.545 e. The van der Waals surface area contributed by atoms with Crippen LogP contribution in [0.5, 0.6) is 23.0 Å². The van der Waals surface area contributed by atoms with Crippen molar-refractivity contribution in [3.05, 3.63) is 131 Å². The van der Waals surface area contributed by atoms with Crippen LogP contribution in [0.4, 0.5) is 0 Å². The Morgan fingerprint density at radius 2 is 0.940 bits per heavy atom. The lowest BCUT2D eigenvalue weighted by atomic mass is 10.0. The Morgan fingerprint density at radius 3 is 1.30 bits per heavy atom. The number of hydrogen-bond donors (Lipinski definition) is 2. The summed E-state index contributed by atoms with van der Waals surface area (Å²) >= 11 is 0. The van der Waals surface area contributed by atoms with Crippen LogP contribution < -0.4 is 29.5 Å². The number of terminal acetylenes is 2. The van der Waals surface area contributed by atoms with E-state index in [1.54, 1.807) is 0 Å². The fourth-order valence-electron chi connectivity index (χ4n) is 5.35. The molecule has 0 bridgehead atoms. The number of carboxylic acid groups (broad SMARTS) is 2. The Morgan fingerprint density at radius 1 is 0.600 bits per heavy atom. The molecule has 8 heteroatoms. The third kappa shape index (κ3) is 10.6. The highest BCUT2D eigenvalue weighted by Gasteiger charge is 2.19. The lowest BCUT2D eigenvalue weighted by Gasteiger charge is -2.14. The van der Waals surface area contributed by atoms with E-state index in [-0.39, 0.29) is 0 Å². The van der Waals surface area contributed by atoms with Gasteiger partial charge in [-0.05, 0) is 60.4 Å². The molecule has 0 fully saturated rings. The number of nitrogens with one attached hydrogen (secondary N) is 2. The molecular weight excluding hydrogens is 628 g/mol. The first kappa shape index (κ1) is 36.5. The Bertz CT molecular complexity index is 1850. The largest absolute Gasteiger partial charge is 0.545 e. The van der Waals surface area contributed by atoms with Gasteiger partial charge < -0.3 is 39.1 Å². The summed E-state index contributed by atoms with van der Waals surface area (Å²) in [5.74, 6) is 5.95. The van der Waals surface area contributed by atoms with Crippen molar-refractivity contribution in [3.8, 4) is 47.7 Å². The summed E-state index contributed by atoms with van der Waals surface area (Å²) in [4.78, 5) is 21.4. The Labute approximate surface area is 293 Å². The van der Waals surface area contributed by atoms with E-state index in [0.717, 1.165) is 58.3 Å². The van der Waals surface area contributed by atoms with Gasteiger partial charge in [0.25, 0.3) is 0 Å². The van der Waals surface area contributed by atoms with Crippen molar-refractivity contribution >= 4 is 35.2 Å². The summed E-state index contributed by atoms with van der Waals surface area (Å²) in [6, 6.07) is 32.6. The highest BCUT2D eigenvalue weighted by molar-refractivity contribution is 5.89. The first-order valence-electron chi connectivity index (χ1n) is 15.9. The highest BCUT2D eigenvalue weighted by atomic mass is 16.5. The molecule has 2 atom stereocenters. The number of likely N-dealkylation sites (N-methyl/N-ethyl adjacent to an activating group) is 2. The van der Waals surface area contributed by atoms with Crippen LogP contribution in [0.15, 0.2) is 109 Å². The molecule has 2 aliphatic heterocycles. The topological polar surface area (TPSA) is 108 Å². The first-order valence-corrected chi connectivity index (χ1v) is 15.9. The summed E-state index contributed by atoms with van der Waals surface area (Å²) in [6.45, 7) is 3.17. The van der Waals surface area contributed by atoms with Gasteiger partial charge in [-0.2, -0.15) is 0 Å². The van der Waals surface area contributed by atoms with Crippen molar-refractivity contribution in [2.45, 2.75) is 0 Å². The minimum absolute atomic E-state index is 0.384. The van der Waals surface area contributed by atoms with Crippen LogP contribution in [-0.4, -0.2) is 52.2 Å². The number of rotatable bonds is 8. The molecule has 0 saturated heterocycles. The fourth-order valence-corrected chi connectivity index (χ4v) is 5.35. The number of fused-ring (bicyclic) bond motifs is 4. The van der Waals surface area contributed by atoms with Crippen molar-refractivity contribution < 1.29 is 39.1 Å². The smallest absolute Gasteiger partial charge is 0.139 e. The van der Waals surface area contributed by atoms with E-state index in [9.17, 15) is 19.8 Å². The molecule has 0 aromatic heterocycles. The number of aliphatic carboxylic acids is 2. The maximum absolute atomic E-state index is 9.41. The van der Waals surface area contributed by atoms with Gasteiger partial charge in [0.2, 0.25) is 0 Å². The molecule has 2 aliphatic rings. The van der Waals surface area contributed by atoms with Gasteiger partial charge in [-0.25, -0.2) is 0 Å². The Kier molecular flexibility index (Phi) is 13.4. The van der Waals surface area contributed by atoms with Crippen molar-refractivity contribution in [2.75, 3.05) is 40.3 Å². The molecule has 2 unspecified atom stereocenters. The minimum atomic E-state index is -1.55. The van der Waals surface area contributed by atoms with Crippen LogP contribution in [-0.2, 0) is 9.59 Å². The second-order valence-electron chi connectivity index (χ2n) is 11.6. The fraction of sp³-hybridized carbons (Fsp3) is 0.143. The van der Waals surface area contributed by atoms with Crippen LogP contribution >= 0.6 is 0 Å². The number of hydrogen-bond acceptors (Lipinski definition) is 6. The molecule has 8 nitrogen and oxygen atoms in total. The number of carbonyl (C=O) groups excluding carboxylic acids is 2. The van der Waals surface area contributed by atoms with E-state index in [1.807, 2.05) is 72.8 Å². The molecule has 0 radical (unpaired) electrons. The zero-order valence-corrected chi connectivity index (χ0v) is 28.0. The highest BCUT2D eigenvalue weighted by Crippen LogP contribution is 2.38. The predicted molar refractivity (Wildman–Crippen MR) is 192 cm³/mol. The first-order chi connectivity index (χ1) is 24.2. The molecule has 0 spiro atoms. The molecule has 6 rings (SSSR count). The molecule has 4 aromatic rings. The van der Waals surface area contributed by atoms with Crippen molar-refractivity contribution in [3.63, 3.8) is 0 Å². The maximum atomic E-state index is 9.41. The SMILES string of the molecule is C#CC[NH+](C)CC1=Cc2ccccc2Oc2ccccc21.C#CC[NH+](C)CC1=Cc2ccccc2Oc2ccccc21.O=C([O-])/C=C/C(=O)[O-]. The van der Waals surface area contributed by atoms with E-state index < -0.39 is 11.9 Å². The summed E-state index contributed by atoms with van der Waals surface area (Å²) in [5, 5.41) is 18.8. The van der Waals surface area contributed by atoms with Crippen LogP contribution in [0.3, 0.4) is 0 Å². The number of benzene rings is 4. The van der Waals surface area contributed by atoms with Crippen LogP contribution in [0.1, 0.15) is 22.3 Å². The van der Waals surface area contributed by atoms with Gasteiger partial charge in [0.1, 0.15) is 49.2 Å². The van der Waals surface area contributed by atoms with Crippen molar-refractivity contribution in [1.29, 1.82) is 0 Å². The monoisotopic (exact) mass is 666 g/mol. The van der Waals surface area contributed by atoms with Crippen molar-refractivity contribution in [1.82, 2.24) is 0 Å². The van der Waals surface area contributed by atoms with E-state index in [1.165, 1.54) is 20.9 Å². The summed E-state index contributed by atoms with van der Waals surface area (Å²) in [5.41, 5.74) is 7.01. The van der Waals surface area contributed by atoms with E-state index in [4.69, 9.17) is 22.3 Å². The summed E-state index contributed by atoms with van der Waals surface area (Å²) in [6.07, 6.45) is 16.0. The lowest BCUT2D eigenvalue weighted by molar-refractivity contribution is -0.863. The van der Waals surface area contributed by atoms with E-state index in [2.05, 4.69) is 62.4 Å². The third-order valence-electron chi connectivity index (χ3n) is 7.55. The molecule has 252 valence electrons. The number of para-hydroxylation sites is 4. The normalized spacial score (nSPS) is 13.1. The average Bonchev–Trinajstić information content (AvgIpc) is 3.35. The van der Waals surface area contributed by atoms with E-state index >= 15 is 0 Å². The van der Waals surface area contributed by atoms with Crippen LogP contribution in [0.25, 0.3) is 23.3 Å². The van der Waals surface area contributed by atoms with Crippen LogP contribution in [0.2, 0.25) is 0 Å². The van der Waals surface area contributed by atoms with Gasteiger partial charge in [-0.15, -0.1) is 12.8 Å². The quantitative estimate of drug-likeness (QED) is 0.220. The molecule has 0 saturated carbocycles. The number of ether oxygens (including phenoxy) is 2. The van der Waals surface area contributed by atoms with Gasteiger partial charge in [0.05, 0.1) is 26.0 Å². The molecule has 0 amide bonds. The lowest BCUT2D eigenvalue weighted by Crippen LogP contribution is -3.08. The number of carbonyl (C=O) groups is 2. The third-order valence-corrected chi connectivity index (χ3v) is 7.55. The predicted octanol–water partition coefficient (Wildman–Crippen LogP) is 2.00. The molecule has 2 N–H and O–H groups in total. The molecule has 50 heavy (non-hydrogen) atoms. The maximum Gasteiger partial charge on any atom is 0.139 e. The van der Waals surface area contributed by atoms with Gasteiger partial charge >= 0.3 is 0 Å². The number of carboxylic acids is 2. The van der Waals surface area contributed by atoms with E-state index in [0.29, 0.717) is 25.2 Å². The molecule has 4 aromatic carbocycles. The molecule has 2 heterocycles. The standard InChI is InChI=1S/2C19H17NO.C4H4O4/c2*1-3-12-20(2)14-16-13-15-8-4-6-10-18(15)21-19-11-7-5-9-17(16)19;5-3(6)1-2-4(7)8/h2*1,4-11,13H,12,14H2,2H3;1-2H,(H,5,6)(H,7,8)/b;;2-1+. The zero-order valence-electron chi connectivity index (χ0n) is 28.0. The van der Waals surface area contributed by atoms with Gasteiger partial charge in [-0.1, -0.05) is 72.8 Å². The molecule has 0 aliphatic carbocycles. The second-order valence-corrected chi connectivity index (χ2v) is 11.6. The second kappa shape index (κ2) is 18.3. The van der Waals surface area contributed by atoms with Gasteiger partial charge in [0, 0.05) is 33.4 Å².